The quantitative estimate of drug-likeness (QED) is 0.0831. The summed E-state index contributed by atoms with van der Waals surface area (Å²) in [5, 5.41) is 15.2. The first kappa shape index (κ1) is 77.7. The lowest BCUT2D eigenvalue weighted by Crippen LogP contribution is -2.43. The van der Waals surface area contributed by atoms with E-state index < -0.39 is 17.0 Å². The number of amides is 4. The summed E-state index contributed by atoms with van der Waals surface area (Å²) in [5.41, 5.74) is 0.153. The Morgan fingerprint density at radius 3 is 1.45 bits per heavy atom. The van der Waals surface area contributed by atoms with Crippen LogP contribution in [0.25, 0.3) is 0 Å². The van der Waals surface area contributed by atoms with Crippen molar-refractivity contribution in [3.63, 3.8) is 0 Å². The monoisotopic (exact) mass is 1210 g/mol. The Hall–Kier alpha value is -7.31. The summed E-state index contributed by atoms with van der Waals surface area (Å²) in [7, 11) is 0. The minimum atomic E-state index is -0.467. The summed E-state index contributed by atoms with van der Waals surface area (Å²) in [6.07, 6.45) is 25.3. The van der Waals surface area contributed by atoms with Crippen LogP contribution in [0, 0.1) is 0 Å². The van der Waals surface area contributed by atoms with E-state index in [9.17, 15) is 38.4 Å². The van der Waals surface area contributed by atoms with Gasteiger partial charge in [0.25, 0.3) is 45.9 Å². The Kier molecular flexibility index (Phi) is 36.6. The Bertz CT molecular complexity index is 2950. The number of hydrogen-bond donors (Lipinski definition) is 5. The summed E-state index contributed by atoms with van der Waals surface area (Å²) in [4.78, 5) is 108. The number of aromatic nitrogens is 7. The van der Waals surface area contributed by atoms with Crippen molar-refractivity contribution in [1.82, 2.24) is 55.1 Å². The van der Waals surface area contributed by atoms with Gasteiger partial charge in [-0.15, -0.1) is 0 Å². The molecule has 87 heavy (non-hydrogen) atoms. The normalized spacial score (nSPS) is 14.1. The maximum atomic E-state index is 12.5. The Morgan fingerprint density at radius 1 is 0.506 bits per heavy atom. The predicted molar refractivity (Wildman–Crippen MR) is 353 cm³/mol. The molecule has 4 heterocycles. The highest BCUT2D eigenvalue weighted by Crippen LogP contribution is 2.28. The Labute approximate surface area is 519 Å². The van der Waals surface area contributed by atoms with E-state index >= 15 is 0 Å². The van der Waals surface area contributed by atoms with Gasteiger partial charge in [0, 0.05) is 78.3 Å². The van der Waals surface area contributed by atoms with Crippen LogP contribution in [0.2, 0.25) is 0 Å². The van der Waals surface area contributed by atoms with E-state index in [2.05, 4.69) is 41.3 Å². The molecule has 3 saturated carbocycles. The van der Waals surface area contributed by atoms with Gasteiger partial charge in [0.15, 0.2) is 11.4 Å². The van der Waals surface area contributed by atoms with Gasteiger partial charge in [-0.2, -0.15) is 5.10 Å². The summed E-state index contributed by atoms with van der Waals surface area (Å²) < 4.78 is 4.92. The standard InChI is InChI=1S/C16H19N3O2.C16H24N2O2.2C14H21N3O2.4C2H6/c1-16(2,3)19-15(21)13-14(20)18-12(10-17-13)9-11-7-5-4-6-8-11;1-16(2,3)17-14(19)13-10-7-11-18(15(13)20)12-8-5-4-6-9-12;1-10(2)16-13(18)12-14(19)17(9-8-15-12)11-6-4-3-5-7-11;1-10(2)16-13(18)12-8-9-15-17(14(12)19)11-6-4-3-5-7-11;4*1-2/h4-8,10H,9H2,1-3H3,(H,18,20)(H,19,21);7,10-12H,4-6,8-9H2,1-3H3,(H,17,19);2*8-11H,3-7H2,1-2H3,(H,16,18);4*1-2H3. The van der Waals surface area contributed by atoms with Crippen LogP contribution in [-0.2, 0) is 6.42 Å². The first-order valence-corrected chi connectivity index (χ1v) is 32.2. The second-order valence-electron chi connectivity index (χ2n) is 23.4. The molecule has 0 radical (unpaired) electrons. The molecule has 19 nitrogen and oxygen atoms in total. The molecule has 0 spiro atoms. The topological polar surface area (TPSA) is 254 Å². The molecule has 3 aliphatic rings. The molecular weight excluding hydrogens is 1100 g/mol. The number of hydrogen-bond acceptors (Lipinski definition) is 11. The molecule has 4 aromatic heterocycles. The molecule has 3 aliphatic carbocycles. The molecule has 0 saturated heterocycles. The van der Waals surface area contributed by atoms with Crippen molar-refractivity contribution in [1.29, 1.82) is 0 Å². The minimum Gasteiger partial charge on any atom is -0.350 e. The van der Waals surface area contributed by atoms with Crippen molar-refractivity contribution < 1.29 is 19.2 Å². The van der Waals surface area contributed by atoms with Crippen LogP contribution in [0.1, 0.15) is 292 Å². The van der Waals surface area contributed by atoms with E-state index in [1.54, 1.807) is 39.9 Å². The molecule has 0 aliphatic heterocycles. The largest absolute Gasteiger partial charge is 0.350 e. The average Bonchev–Trinajstić information content (AvgIpc) is 2.14. The van der Waals surface area contributed by atoms with Crippen LogP contribution in [-0.4, -0.2) is 80.7 Å². The first-order chi connectivity index (χ1) is 41.4. The van der Waals surface area contributed by atoms with Gasteiger partial charge in [0.05, 0.1) is 6.04 Å². The average molecular weight is 1210 g/mol. The second-order valence-corrected chi connectivity index (χ2v) is 23.4. The zero-order valence-corrected chi connectivity index (χ0v) is 56.2. The minimum absolute atomic E-state index is 0.00164. The maximum absolute atomic E-state index is 12.5. The smallest absolute Gasteiger partial charge is 0.282 e. The summed E-state index contributed by atoms with van der Waals surface area (Å²) in [6.45, 7) is 34.8. The number of rotatable bonds is 11. The van der Waals surface area contributed by atoms with Gasteiger partial charge in [0.2, 0.25) is 0 Å². The molecule has 5 aromatic rings. The fourth-order valence-electron chi connectivity index (χ4n) is 9.73. The Morgan fingerprint density at radius 2 is 0.966 bits per heavy atom. The lowest BCUT2D eigenvalue weighted by atomic mass is 9.95. The van der Waals surface area contributed by atoms with Crippen LogP contribution in [0.15, 0.2) is 98.7 Å². The van der Waals surface area contributed by atoms with E-state index in [-0.39, 0.29) is 92.7 Å². The molecule has 484 valence electrons. The van der Waals surface area contributed by atoms with Crippen LogP contribution in [0.3, 0.4) is 0 Å². The molecule has 0 bridgehead atoms. The highest BCUT2D eigenvalue weighted by atomic mass is 16.2. The van der Waals surface area contributed by atoms with E-state index in [0.29, 0.717) is 12.1 Å². The third-order valence-corrected chi connectivity index (χ3v) is 13.4. The predicted octanol–water partition coefficient (Wildman–Crippen LogP) is 12.6. The van der Waals surface area contributed by atoms with Gasteiger partial charge in [-0.1, -0.05) is 144 Å². The van der Waals surface area contributed by atoms with Gasteiger partial charge < -0.3 is 35.4 Å². The lowest BCUT2D eigenvalue weighted by Gasteiger charge is -2.25. The summed E-state index contributed by atoms with van der Waals surface area (Å²) in [5.74, 6) is -1.44. The fraction of sp³-hybridized carbons (Fsp3) is 0.603. The van der Waals surface area contributed by atoms with E-state index in [4.69, 9.17) is 0 Å². The zero-order valence-electron chi connectivity index (χ0n) is 56.2. The van der Waals surface area contributed by atoms with Crippen molar-refractivity contribution in [2.75, 3.05) is 0 Å². The van der Waals surface area contributed by atoms with Crippen LogP contribution in [0.5, 0.6) is 0 Å². The van der Waals surface area contributed by atoms with Gasteiger partial charge in [-0.25, -0.2) is 14.6 Å². The van der Waals surface area contributed by atoms with Gasteiger partial charge in [0.1, 0.15) is 11.1 Å². The van der Waals surface area contributed by atoms with Gasteiger partial charge >= 0.3 is 0 Å². The number of nitrogens with zero attached hydrogens (tertiary/aromatic N) is 6. The third-order valence-electron chi connectivity index (χ3n) is 13.4. The number of carbonyl (C=O) groups excluding carboxylic acids is 4. The van der Waals surface area contributed by atoms with Crippen LogP contribution < -0.4 is 43.5 Å². The molecule has 0 atom stereocenters. The van der Waals surface area contributed by atoms with E-state index in [1.807, 2.05) is 161 Å². The highest BCUT2D eigenvalue weighted by molar-refractivity contribution is 5.95. The molecular formula is C68H109N11O8. The molecule has 3 fully saturated rings. The van der Waals surface area contributed by atoms with Crippen molar-refractivity contribution in [2.45, 2.75) is 269 Å². The van der Waals surface area contributed by atoms with Crippen molar-refractivity contribution in [2.24, 2.45) is 0 Å². The van der Waals surface area contributed by atoms with Crippen molar-refractivity contribution >= 4 is 23.6 Å². The third kappa shape index (κ3) is 27.5. The van der Waals surface area contributed by atoms with E-state index in [1.165, 1.54) is 36.2 Å². The number of carbonyl (C=O) groups is 4. The lowest BCUT2D eigenvalue weighted by molar-refractivity contribution is 0.0905. The molecule has 19 heteroatoms. The summed E-state index contributed by atoms with van der Waals surface area (Å²) >= 11 is 0. The number of benzene rings is 1. The van der Waals surface area contributed by atoms with Gasteiger partial charge in [-0.05, 0) is 132 Å². The SMILES string of the molecule is CC.CC.CC.CC.CC(C)(C)NC(=O)c1cccn(C2CCCCC2)c1=O.CC(C)(C)NC(=O)c1ncc(Cc2ccccc2)[nH]c1=O.CC(C)NC(=O)c1ccnn(C2CCCCC2)c1=O.CC(C)NC(=O)c1nccn(C2CCCCC2)c1=O. The highest BCUT2D eigenvalue weighted by Gasteiger charge is 2.25. The van der Waals surface area contributed by atoms with Crippen molar-refractivity contribution in [3.8, 4) is 0 Å². The van der Waals surface area contributed by atoms with Crippen LogP contribution in [0.4, 0.5) is 0 Å². The molecule has 0 unspecified atom stereocenters. The maximum Gasteiger partial charge on any atom is 0.282 e. The Balaban J connectivity index is 0.000000558. The number of H-pyrrole nitrogens is 1. The zero-order chi connectivity index (χ0) is 65.9. The molecule has 4 amide bonds. The van der Waals surface area contributed by atoms with Crippen LogP contribution >= 0.6 is 0 Å². The second kappa shape index (κ2) is 41.0. The summed E-state index contributed by atoms with van der Waals surface area (Å²) in [6, 6.07) is 15.3. The molecule has 8 rings (SSSR count). The number of pyridine rings is 1. The number of nitrogens with one attached hydrogen (secondary N) is 5. The number of aromatic amines is 1. The van der Waals surface area contributed by atoms with Gasteiger partial charge in [-0.3, -0.25) is 38.4 Å². The molecule has 5 N–H and O–H groups in total. The van der Waals surface area contributed by atoms with E-state index in [0.717, 1.165) is 82.6 Å². The van der Waals surface area contributed by atoms with Crippen molar-refractivity contribution in [3.05, 3.63) is 155 Å². The fourth-order valence-corrected chi connectivity index (χ4v) is 9.73. The first-order valence-electron chi connectivity index (χ1n) is 32.2. The molecule has 1 aromatic carbocycles.